The van der Waals surface area contributed by atoms with Crippen LogP contribution in [0.4, 0.5) is 4.79 Å². The maximum atomic E-state index is 12.7. The monoisotopic (exact) mass is 345 g/mol. The first-order chi connectivity index (χ1) is 12.1. The van der Waals surface area contributed by atoms with E-state index in [9.17, 15) is 14.4 Å². The number of carbonyl (C=O) groups excluding carboxylic acids is 3. The SMILES string of the molecule is O=C(NN1C(=O)NC2(CCCCC2)C1=O)c1ccc2c(c1)OCCO2. The summed E-state index contributed by atoms with van der Waals surface area (Å²) in [6, 6.07) is 4.16. The van der Waals surface area contributed by atoms with Gasteiger partial charge in [-0.15, -0.1) is 0 Å². The van der Waals surface area contributed by atoms with Crippen LogP contribution in [-0.2, 0) is 4.79 Å². The first-order valence-corrected chi connectivity index (χ1v) is 8.46. The molecule has 8 nitrogen and oxygen atoms in total. The summed E-state index contributed by atoms with van der Waals surface area (Å²) < 4.78 is 10.9. The number of benzene rings is 1. The van der Waals surface area contributed by atoms with Gasteiger partial charge in [0.2, 0.25) is 0 Å². The van der Waals surface area contributed by atoms with E-state index in [0.717, 1.165) is 24.3 Å². The lowest BCUT2D eigenvalue weighted by atomic mass is 9.82. The number of rotatable bonds is 2. The highest BCUT2D eigenvalue weighted by molar-refractivity contribution is 6.09. The molecule has 1 saturated heterocycles. The van der Waals surface area contributed by atoms with Gasteiger partial charge in [-0.1, -0.05) is 19.3 Å². The lowest BCUT2D eigenvalue weighted by Crippen LogP contribution is -2.50. The maximum Gasteiger partial charge on any atom is 0.344 e. The molecular weight excluding hydrogens is 326 g/mol. The molecule has 1 aliphatic carbocycles. The third-order valence-corrected chi connectivity index (χ3v) is 4.89. The minimum absolute atomic E-state index is 0.287. The van der Waals surface area contributed by atoms with Gasteiger partial charge in [-0.2, -0.15) is 5.01 Å². The van der Waals surface area contributed by atoms with Gasteiger partial charge in [-0.25, -0.2) is 4.79 Å². The highest BCUT2D eigenvalue weighted by Crippen LogP contribution is 2.33. The van der Waals surface area contributed by atoms with Crippen LogP contribution in [0.5, 0.6) is 11.5 Å². The minimum Gasteiger partial charge on any atom is -0.486 e. The van der Waals surface area contributed by atoms with Gasteiger partial charge in [0.05, 0.1) is 0 Å². The Hall–Kier alpha value is -2.77. The molecule has 1 spiro atoms. The molecular formula is C17H19N3O5. The molecule has 1 saturated carbocycles. The van der Waals surface area contributed by atoms with Crippen LogP contribution < -0.4 is 20.2 Å². The van der Waals surface area contributed by atoms with Gasteiger partial charge in [0.25, 0.3) is 11.8 Å². The fourth-order valence-electron chi connectivity index (χ4n) is 3.57. The van der Waals surface area contributed by atoms with E-state index in [2.05, 4.69) is 10.7 Å². The van der Waals surface area contributed by atoms with Crippen LogP contribution in [-0.4, -0.2) is 41.6 Å². The van der Waals surface area contributed by atoms with Crippen LogP contribution in [0.15, 0.2) is 18.2 Å². The Kier molecular flexibility index (Phi) is 3.74. The Morgan fingerprint density at radius 2 is 1.80 bits per heavy atom. The van der Waals surface area contributed by atoms with Crippen molar-refractivity contribution in [2.45, 2.75) is 37.6 Å². The van der Waals surface area contributed by atoms with Gasteiger partial charge in [0, 0.05) is 5.56 Å². The molecule has 4 amide bonds. The van der Waals surface area contributed by atoms with Gasteiger partial charge in [-0.3, -0.25) is 15.0 Å². The zero-order valence-electron chi connectivity index (χ0n) is 13.7. The van der Waals surface area contributed by atoms with Crippen molar-refractivity contribution >= 4 is 17.8 Å². The Balaban J connectivity index is 1.51. The van der Waals surface area contributed by atoms with Crippen molar-refractivity contribution in [1.29, 1.82) is 0 Å². The Labute approximate surface area is 144 Å². The maximum absolute atomic E-state index is 12.7. The summed E-state index contributed by atoms with van der Waals surface area (Å²) in [6.07, 6.45) is 4.03. The molecule has 0 unspecified atom stereocenters. The van der Waals surface area contributed by atoms with Crippen LogP contribution in [0, 0.1) is 0 Å². The summed E-state index contributed by atoms with van der Waals surface area (Å²) in [5.74, 6) is 0.107. The Morgan fingerprint density at radius 1 is 1.08 bits per heavy atom. The topological polar surface area (TPSA) is 97.0 Å². The molecule has 1 aromatic rings. The zero-order valence-corrected chi connectivity index (χ0v) is 13.7. The zero-order chi connectivity index (χ0) is 17.4. The Morgan fingerprint density at radius 3 is 2.56 bits per heavy atom. The van der Waals surface area contributed by atoms with Crippen LogP contribution in [0.1, 0.15) is 42.5 Å². The number of urea groups is 1. The summed E-state index contributed by atoms with van der Waals surface area (Å²) in [5.41, 5.74) is 1.83. The van der Waals surface area contributed by atoms with Crippen LogP contribution >= 0.6 is 0 Å². The molecule has 0 aromatic heterocycles. The third-order valence-electron chi connectivity index (χ3n) is 4.89. The number of nitrogens with zero attached hydrogens (tertiary/aromatic N) is 1. The van der Waals surface area contributed by atoms with E-state index in [1.165, 1.54) is 0 Å². The minimum atomic E-state index is -0.866. The number of amides is 4. The first kappa shape index (κ1) is 15.7. The Bertz CT molecular complexity index is 742. The molecule has 4 rings (SSSR count). The van der Waals surface area contributed by atoms with E-state index >= 15 is 0 Å². The van der Waals surface area contributed by atoms with Gasteiger partial charge < -0.3 is 14.8 Å². The predicted molar refractivity (Wildman–Crippen MR) is 86.1 cm³/mol. The molecule has 25 heavy (non-hydrogen) atoms. The highest BCUT2D eigenvalue weighted by atomic mass is 16.6. The first-order valence-electron chi connectivity index (χ1n) is 8.46. The van der Waals surface area contributed by atoms with E-state index in [4.69, 9.17) is 9.47 Å². The van der Waals surface area contributed by atoms with Gasteiger partial charge in [-0.05, 0) is 31.0 Å². The molecule has 2 N–H and O–H groups in total. The fraction of sp³-hybridized carbons (Fsp3) is 0.471. The van der Waals surface area contributed by atoms with Crippen molar-refractivity contribution in [3.8, 4) is 11.5 Å². The molecule has 0 bridgehead atoms. The van der Waals surface area contributed by atoms with Crippen LogP contribution in [0.2, 0.25) is 0 Å². The van der Waals surface area contributed by atoms with Gasteiger partial charge in [0.15, 0.2) is 11.5 Å². The van der Waals surface area contributed by atoms with Crippen molar-refractivity contribution in [3.63, 3.8) is 0 Å². The second-order valence-corrected chi connectivity index (χ2v) is 6.51. The number of hydrogen-bond acceptors (Lipinski definition) is 5. The average Bonchev–Trinajstić information content (AvgIpc) is 2.86. The second-order valence-electron chi connectivity index (χ2n) is 6.51. The number of hydrogen-bond donors (Lipinski definition) is 2. The summed E-state index contributed by atoms with van der Waals surface area (Å²) in [4.78, 5) is 37.3. The smallest absolute Gasteiger partial charge is 0.344 e. The van der Waals surface area contributed by atoms with E-state index < -0.39 is 17.5 Å². The lowest BCUT2D eigenvalue weighted by molar-refractivity contribution is -0.134. The summed E-state index contributed by atoms with van der Waals surface area (Å²) >= 11 is 0. The summed E-state index contributed by atoms with van der Waals surface area (Å²) in [6.45, 7) is 0.872. The number of imide groups is 1. The summed E-state index contributed by atoms with van der Waals surface area (Å²) in [5, 5.41) is 3.55. The number of hydrazine groups is 1. The average molecular weight is 345 g/mol. The fourth-order valence-corrected chi connectivity index (χ4v) is 3.57. The molecule has 0 radical (unpaired) electrons. The normalized spacial score (nSPS) is 21.2. The second kappa shape index (κ2) is 5.94. The number of carbonyl (C=O) groups is 3. The van der Waals surface area contributed by atoms with E-state index in [1.807, 2.05) is 0 Å². The molecule has 2 heterocycles. The molecule has 0 atom stereocenters. The van der Waals surface area contributed by atoms with Crippen LogP contribution in [0.25, 0.3) is 0 Å². The summed E-state index contributed by atoms with van der Waals surface area (Å²) in [7, 11) is 0. The van der Waals surface area contributed by atoms with Crippen molar-refractivity contribution in [3.05, 3.63) is 23.8 Å². The van der Waals surface area contributed by atoms with E-state index in [0.29, 0.717) is 37.6 Å². The van der Waals surface area contributed by atoms with Crippen molar-refractivity contribution in [2.24, 2.45) is 0 Å². The van der Waals surface area contributed by atoms with Gasteiger partial charge in [0.1, 0.15) is 18.8 Å². The quantitative estimate of drug-likeness (QED) is 0.789. The number of fused-ring (bicyclic) bond motifs is 1. The standard InChI is InChI=1S/C17H19N3O5/c21-14(11-4-5-12-13(10-11)25-9-8-24-12)19-20-15(22)17(18-16(20)23)6-2-1-3-7-17/h4-5,10H,1-3,6-9H2,(H,18,23)(H,19,21). The van der Waals surface area contributed by atoms with Crippen LogP contribution in [0.3, 0.4) is 0 Å². The molecule has 3 aliphatic rings. The van der Waals surface area contributed by atoms with Crippen molar-refractivity contribution in [1.82, 2.24) is 15.8 Å². The van der Waals surface area contributed by atoms with E-state index in [1.54, 1.807) is 18.2 Å². The molecule has 1 aromatic carbocycles. The predicted octanol–water partition coefficient (Wildman–Crippen LogP) is 1.36. The van der Waals surface area contributed by atoms with Gasteiger partial charge >= 0.3 is 6.03 Å². The third kappa shape index (κ3) is 2.67. The van der Waals surface area contributed by atoms with Crippen molar-refractivity contribution in [2.75, 3.05) is 13.2 Å². The molecule has 2 fully saturated rings. The highest BCUT2D eigenvalue weighted by Gasteiger charge is 2.52. The number of ether oxygens (including phenoxy) is 2. The largest absolute Gasteiger partial charge is 0.486 e. The lowest BCUT2D eigenvalue weighted by Gasteiger charge is -2.30. The number of nitrogens with one attached hydrogen (secondary N) is 2. The molecule has 8 heteroatoms. The molecule has 2 aliphatic heterocycles. The van der Waals surface area contributed by atoms with Crippen molar-refractivity contribution < 1.29 is 23.9 Å². The molecule has 132 valence electrons. The van der Waals surface area contributed by atoms with E-state index in [-0.39, 0.29) is 11.5 Å².